The summed E-state index contributed by atoms with van der Waals surface area (Å²) in [6.07, 6.45) is -0.628. The number of aliphatic hydroxyl groups is 1. The molecule has 122 valence electrons. The van der Waals surface area contributed by atoms with Gasteiger partial charge in [0.25, 0.3) is 0 Å². The van der Waals surface area contributed by atoms with Crippen LogP contribution in [-0.2, 0) is 4.79 Å². The average molecular weight is 337 g/mol. The first-order valence-corrected chi connectivity index (χ1v) is 8.25. The number of halogens is 2. The Kier molecular flexibility index (Phi) is 4.46. The molecule has 1 aromatic carbocycles. The third-order valence-corrected chi connectivity index (χ3v) is 5.19. The molecule has 0 aliphatic heterocycles. The van der Waals surface area contributed by atoms with Crippen molar-refractivity contribution in [3.63, 3.8) is 0 Å². The monoisotopic (exact) mass is 337 g/mol. The highest BCUT2D eigenvalue weighted by Crippen LogP contribution is 2.49. The highest BCUT2D eigenvalue weighted by Gasteiger charge is 2.44. The topological polar surface area (TPSA) is 49.3 Å². The maximum Gasteiger partial charge on any atom is 0.223 e. The molecule has 0 spiro atoms. The molecule has 2 N–H and O–H groups in total. The zero-order valence-electron chi connectivity index (χ0n) is 12.6. The Labute approximate surface area is 137 Å². The molecule has 1 aromatic heterocycles. The molecule has 6 heteroatoms. The van der Waals surface area contributed by atoms with E-state index in [1.807, 2.05) is 19.1 Å². The van der Waals surface area contributed by atoms with Crippen LogP contribution in [0, 0.1) is 24.5 Å². The van der Waals surface area contributed by atoms with Crippen LogP contribution in [0.15, 0.2) is 30.3 Å². The van der Waals surface area contributed by atoms with E-state index in [1.54, 1.807) is 11.3 Å². The smallest absolute Gasteiger partial charge is 0.223 e. The number of thiophene rings is 1. The number of rotatable bonds is 5. The molecule has 1 heterocycles. The van der Waals surface area contributed by atoms with E-state index in [4.69, 9.17) is 0 Å². The van der Waals surface area contributed by atoms with Crippen molar-refractivity contribution in [2.75, 3.05) is 6.54 Å². The van der Waals surface area contributed by atoms with Crippen molar-refractivity contribution < 1.29 is 18.7 Å². The Balaban J connectivity index is 1.56. The molecule has 3 rings (SSSR count). The summed E-state index contributed by atoms with van der Waals surface area (Å²) >= 11 is 1.68. The van der Waals surface area contributed by atoms with E-state index in [2.05, 4.69) is 5.32 Å². The molecule has 3 unspecified atom stereocenters. The van der Waals surface area contributed by atoms with Crippen LogP contribution >= 0.6 is 11.3 Å². The van der Waals surface area contributed by atoms with Crippen LogP contribution in [0.25, 0.3) is 0 Å². The molecule has 1 saturated carbocycles. The van der Waals surface area contributed by atoms with Crippen molar-refractivity contribution in [2.24, 2.45) is 5.92 Å². The molecule has 0 radical (unpaired) electrons. The molecule has 1 fully saturated rings. The maximum atomic E-state index is 13.6. The van der Waals surface area contributed by atoms with Crippen LogP contribution in [0.1, 0.15) is 33.8 Å². The Morgan fingerprint density at radius 2 is 2.04 bits per heavy atom. The minimum atomic E-state index is -1.40. The summed E-state index contributed by atoms with van der Waals surface area (Å²) in [5, 5.41) is 12.5. The average Bonchev–Trinajstić information content (AvgIpc) is 3.19. The Morgan fingerprint density at radius 3 is 2.65 bits per heavy atom. The van der Waals surface area contributed by atoms with E-state index in [9.17, 15) is 18.7 Å². The third kappa shape index (κ3) is 3.43. The van der Waals surface area contributed by atoms with E-state index in [-0.39, 0.29) is 24.3 Å². The lowest BCUT2D eigenvalue weighted by Gasteiger charge is -2.13. The van der Waals surface area contributed by atoms with Gasteiger partial charge in [-0.05, 0) is 37.6 Å². The first kappa shape index (κ1) is 16.1. The summed E-state index contributed by atoms with van der Waals surface area (Å²) in [5.41, 5.74) is -0.408. The summed E-state index contributed by atoms with van der Waals surface area (Å²) in [4.78, 5) is 14.5. The van der Waals surface area contributed by atoms with E-state index >= 15 is 0 Å². The van der Waals surface area contributed by atoms with Gasteiger partial charge in [0.1, 0.15) is 17.7 Å². The van der Waals surface area contributed by atoms with Gasteiger partial charge in [0, 0.05) is 28.1 Å². The number of aliphatic hydroxyl groups excluding tert-OH is 1. The molecule has 0 saturated heterocycles. The normalized spacial score (nSPS) is 21.0. The quantitative estimate of drug-likeness (QED) is 0.880. The molecule has 3 nitrogen and oxygen atoms in total. The Hall–Kier alpha value is -1.79. The van der Waals surface area contributed by atoms with E-state index in [0.29, 0.717) is 0 Å². The highest BCUT2D eigenvalue weighted by atomic mass is 32.1. The van der Waals surface area contributed by atoms with Crippen LogP contribution in [0.4, 0.5) is 8.78 Å². The minimum absolute atomic E-state index is 0.120. The number of aryl methyl sites for hydroxylation is 1. The third-order valence-electron chi connectivity index (χ3n) is 4.06. The van der Waals surface area contributed by atoms with E-state index in [0.717, 1.165) is 18.6 Å². The summed E-state index contributed by atoms with van der Waals surface area (Å²) in [7, 11) is 0. The second kappa shape index (κ2) is 6.37. The summed E-state index contributed by atoms with van der Waals surface area (Å²) in [6.45, 7) is 1.81. The molecule has 0 bridgehead atoms. The zero-order valence-corrected chi connectivity index (χ0v) is 13.4. The molecular formula is C17H17F2NO2S. The Morgan fingerprint density at radius 1 is 1.35 bits per heavy atom. The number of benzene rings is 1. The number of amides is 1. The van der Waals surface area contributed by atoms with Gasteiger partial charge in [0.05, 0.1) is 5.56 Å². The van der Waals surface area contributed by atoms with Crippen LogP contribution in [0.5, 0.6) is 0 Å². The first-order valence-electron chi connectivity index (χ1n) is 7.43. The van der Waals surface area contributed by atoms with Crippen LogP contribution in [0.3, 0.4) is 0 Å². The predicted molar refractivity (Wildman–Crippen MR) is 84.2 cm³/mol. The van der Waals surface area contributed by atoms with Gasteiger partial charge in [-0.15, -0.1) is 11.3 Å². The van der Waals surface area contributed by atoms with Gasteiger partial charge in [-0.3, -0.25) is 4.79 Å². The van der Waals surface area contributed by atoms with Crippen molar-refractivity contribution in [2.45, 2.75) is 25.4 Å². The fourth-order valence-electron chi connectivity index (χ4n) is 2.71. The van der Waals surface area contributed by atoms with Crippen molar-refractivity contribution in [1.82, 2.24) is 5.32 Å². The van der Waals surface area contributed by atoms with Gasteiger partial charge in [0.15, 0.2) is 0 Å². The zero-order chi connectivity index (χ0) is 16.6. The number of hydrogen-bond acceptors (Lipinski definition) is 3. The predicted octanol–water partition coefficient (Wildman–Crippen LogP) is 3.29. The fourth-order valence-corrected chi connectivity index (χ4v) is 3.77. The fraction of sp³-hybridized carbons (Fsp3) is 0.353. The largest absolute Gasteiger partial charge is 0.386 e. The van der Waals surface area contributed by atoms with E-state index in [1.165, 1.54) is 15.8 Å². The SMILES string of the molecule is Cc1ccc(C2CC2C(=O)NCC(O)c2c(F)cccc2F)s1. The van der Waals surface area contributed by atoms with Crippen molar-refractivity contribution in [3.8, 4) is 0 Å². The first-order chi connectivity index (χ1) is 11.0. The lowest BCUT2D eigenvalue weighted by atomic mass is 10.1. The molecular weight excluding hydrogens is 320 g/mol. The summed E-state index contributed by atoms with van der Waals surface area (Å²) in [6, 6.07) is 7.45. The molecule has 1 amide bonds. The number of hydrogen-bond donors (Lipinski definition) is 2. The summed E-state index contributed by atoms with van der Waals surface area (Å²) < 4.78 is 27.1. The number of nitrogens with one attached hydrogen (secondary N) is 1. The lowest BCUT2D eigenvalue weighted by molar-refractivity contribution is -0.122. The van der Waals surface area contributed by atoms with Crippen LogP contribution < -0.4 is 5.32 Å². The van der Waals surface area contributed by atoms with Gasteiger partial charge in [-0.2, -0.15) is 0 Å². The van der Waals surface area contributed by atoms with Gasteiger partial charge in [0.2, 0.25) is 5.91 Å². The van der Waals surface area contributed by atoms with Gasteiger partial charge < -0.3 is 10.4 Å². The standard InChI is InChI=1S/C17H17F2NO2S/c1-9-5-6-15(23-9)10-7-11(10)17(22)20-8-14(21)16-12(18)3-2-4-13(16)19/h2-6,10-11,14,21H,7-8H2,1H3,(H,20,22). The highest BCUT2D eigenvalue weighted by molar-refractivity contribution is 7.12. The van der Waals surface area contributed by atoms with Crippen LogP contribution in [0.2, 0.25) is 0 Å². The molecule has 23 heavy (non-hydrogen) atoms. The molecule has 1 aliphatic carbocycles. The molecule has 3 atom stereocenters. The molecule has 1 aliphatic rings. The van der Waals surface area contributed by atoms with Gasteiger partial charge in [-0.1, -0.05) is 6.07 Å². The lowest BCUT2D eigenvalue weighted by Crippen LogP contribution is -2.30. The maximum absolute atomic E-state index is 13.6. The van der Waals surface area contributed by atoms with Crippen LogP contribution in [-0.4, -0.2) is 17.6 Å². The second-order valence-electron chi connectivity index (χ2n) is 5.79. The Bertz CT molecular complexity index is 711. The van der Waals surface area contributed by atoms with Crippen molar-refractivity contribution >= 4 is 17.2 Å². The van der Waals surface area contributed by atoms with Crippen molar-refractivity contribution in [3.05, 3.63) is 57.3 Å². The number of carbonyl (C=O) groups excluding carboxylic acids is 1. The van der Waals surface area contributed by atoms with Crippen molar-refractivity contribution in [1.29, 1.82) is 0 Å². The summed E-state index contributed by atoms with van der Waals surface area (Å²) in [5.74, 6) is -1.71. The van der Waals surface area contributed by atoms with Gasteiger partial charge >= 0.3 is 0 Å². The number of carbonyl (C=O) groups is 1. The van der Waals surface area contributed by atoms with E-state index < -0.39 is 23.3 Å². The second-order valence-corrected chi connectivity index (χ2v) is 7.11. The molecule has 2 aromatic rings. The minimum Gasteiger partial charge on any atom is -0.386 e. The van der Waals surface area contributed by atoms with Gasteiger partial charge in [-0.25, -0.2) is 8.78 Å².